The summed E-state index contributed by atoms with van der Waals surface area (Å²) in [5.74, 6) is 0.667. The number of nitrogens with one attached hydrogen (secondary N) is 1. The van der Waals surface area contributed by atoms with Crippen molar-refractivity contribution in [2.24, 2.45) is 0 Å². The number of hydrogen-bond donors (Lipinski definition) is 1. The van der Waals surface area contributed by atoms with Gasteiger partial charge in [0.15, 0.2) is 0 Å². The van der Waals surface area contributed by atoms with Gasteiger partial charge in [-0.25, -0.2) is 0 Å². The van der Waals surface area contributed by atoms with Crippen molar-refractivity contribution in [2.75, 3.05) is 7.05 Å². The molecule has 0 saturated carbocycles. The van der Waals surface area contributed by atoms with Crippen molar-refractivity contribution >= 4 is 11.6 Å². The summed E-state index contributed by atoms with van der Waals surface area (Å²) in [4.78, 5) is 0. The predicted octanol–water partition coefficient (Wildman–Crippen LogP) is 3.82. The molecule has 3 nitrogen and oxygen atoms in total. The standard InChI is InChI=1S/C17H17ClN2O/c1-12-7-13(9-19)3-5-15(12)11-21-17-6-4-14(10-20-2)8-16(17)18/h3-8,20H,10-11H2,1-2H3. The Hall–Kier alpha value is -2.02. The van der Waals surface area contributed by atoms with Gasteiger partial charge >= 0.3 is 0 Å². The second-order valence-electron chi connectivity index (χ2n) is 4.84. The Bertz CT molecular complexity index is 677. The van der Waals surface area contributed by atoms with E-state index in [-0.39, 0.29) is 0 Å². The summed E-state index contributed by atoms with van der Waals surface area (Å²) in [7, 11) is 1.89. The van der Waals surface area contributed by atoms with Crippen molar-refractivity contribution in [3.05, 3.63) is 63.7 Å². The van der Waals surface area contributed by atoms with E-state index in [0.717, 1.165) is 23.2 Å². The number of rotatable bonds is 5. The average molecular weight is 301 g/mol. The van der Waals surface area contributed by atoms with Crippen LogP contribution in [0.5, 0.6) is 5.75 Å². The molecule has 0 saturated heterocycles. The van der Waals surface area contributed by atoms with E-state index >= 15 is 0 Å². The maximum absolute atomic E-state index is 8.86. The fourth-order valence-corrected chi connectivity index (χ4v) is 2.32. The fourth-order valence-electron chi connectivity index (χ4n) is 2.06. The molecule has 0 bridgehead atoms. The van der Waals surface area contributed by atoms with Crippen molar-refractivity contribution in [1.29, 1.82) is 5.26 Å². The average Bonchev–Trinajstić information content (AvgIpc) is 2.48. The first-order valence-corrected chi connectivity index (χ1v) is 7.07. The van der Waals surface area contributed by atoms with Crippen LogP contribution in [0.4, 0.5) is 0 Å². The van der Waals surface area contributed by atoms with E-state index in [9.17, 15) is 0 Å². The second kappa shape index (κ2) is 7.12. The third-order valence-corrected chi connectivity index (χ3v) is 3.53. The highest BCUT2D eigenvalue weighted by Gasteiger charge is 2.05. The van der Waals surface area contributed by atoms with Crippen molar-refractivity contribution < 1.29 is 4.74 Å². The van der Waals surface area contributed by atoms with Gasteiger partial charge < -0.3 is 10.1 Å². The molecule has 0 heterocycles. The zero-order valence-electron chi connectivity index (χ0n) is 12.1. The Morgan fingerprint density at radius 2 is 2.05 bits per heavy atom. The number of nitriles is 1. The first kappa shape index (κ1) is 15.4. The van der Waals surface area contributed by atoms with E-state index in [1.807, 2.05) is 44.3 Å². The van der Waals surface area contributed by atoms with Crippen molar-refractivity contribution in [2.45, 2.75) is 20.1 Å². The van der Waals surface area contributed by atoms with Crippen LogP contribution in [0.3, 0.4) is 0 Å². The summed E-state index contributed by atoms with van der Waals surface area (Å²) in [6, 6.07) is 13.5. The summed E-state index contributed by atoms with van der Waals surface area (Å²) in [5, 5.41) is 12.5. The molecule has 108 valence electrons. The summed E-state index contributed by atoms with van der Waals surface area (Å²) in [6.07, 6.45) is 0. The molecule has 0 fully saturated rings. The van der Waals surface area contributed by atoms with E-state index in [1.54, 1.807) is 6.07 Å². The Kier molecular flexibility index (Phi) is 5.21. The van der Waals surface area contributed by atoms with E-state index in [0.29, 0.717) is 22.9 Å². The van der Waals surface area contributed by atoms with Crippen LogP contribution in [-0.4, -0.2) is 7.05 Å². The third kappa shape index (κ3) is 3.98. The van der Waals surface area contributed by atoms with Crippen LogP contribution in [0.2, 0.25) is 5.02 Å². The van der Waals surface area contributed by atoms with E-state index in [1.165, 1.54) is 0 Å². The molecule has 21 heavy (non-hydrogen) atoms. The lowest BCUT2D eigenvalue weighted by atomic mass is 10.1. The van der Waals surface area contributed by atoms with Gasteiger partial charge in [0.25, 0.3) is 0 Å². The SMILES string of the molecule is CNCc1ccc(OCc2ccc(C#N)cc2C)c(Cl)c1. The molecule has 0 aliphatic heterocycles. The number of ether oxygens (including phenoxy) is 1. The molecule has 0 amide bonds. The lowest BCUT2D eigenvalue weighted by Gasteiger charge is -2.11. The number of aryl methyl sites for hydroxylation is 1. The third-order valence-electron chi connectivity index (χ3n) is 3.23. The largest absolute Gasteiger partial charge is 0.487 e. The number of hydrogen-bond acceptors (Lipinski definition) is 3. The van der Waals surface area contributed by atoms with Crippen LogP contribution in [0.15, 0.2) is 36.4 Å². The molecule has 0 radical (unpaired) electrons. The minimum atomic E-state index is 0.433. The zero-order chi connectivity index (χ0) is 15.2. The van der Waals surface area contributed by atoms with Gasteiger partial charge in [0.05, 0.1) is 16.7 Å². The van der Waals surface area contributed by atoms with E-state index in [4.69, 9.17) is 21.6 Å². The summed E-state index contributed by atoms with van der Waals surface area (Å²) < 4.78 is 5.78. The number of nitrogens with zero attached hydrogens (tertiary/aromatic N) is 1. The highest BCUT2D eigenvalue weighted by Crippen LogP contribution is 2.26. The van der Waals surface area contributed by atoms with Gasteiger partial charge in [0, 0.05) is 6.54 Å². The summed E-state index contributed by atoms with van der Waals surface area (Å²) in [6.45, 7) is 3.18. The molecule has 0 aromatic heterocycles. The normalized spacial score (nSPS) is 10.2. The molecular weight excluding hydrogens is 284 g/mol. The van der Waals surface area contributed by atoms with Gasteiger partial charge in [0.2, 0.25) is 0 Å². The number of halogens is 1. The Labute approximate surface area is 130 Å². The minimum Gasteiger partial charge on any atom is -0.487 e. The predicted molar refractivity (Wildman–Crippen MR) is 84.4 cm³/mol. The fraction of sp³-hybridized carbons (Fsp3) is 0.235. The number of benzene rings is 2. The smallest absolute Gasteiger partial charge is 0.138 e. The minimum absolute atomic E-state index is 0.433. The quantitative estimate of drug-likeness (QED) is 0.913. The molecule has 1 N–H and O–H groups in total. The second-order valence-corrected chi connectivity index (χ2v) is 5.24. The van der Waals surface area contributed by atoms with Gasteiger partial charge in [-0.05, 0) is 54.9 Å². The first-order chi connectivity index (χ1) is 10.1. The summed E-state index contributed by atoms with van der Waals surface area (Å²) in [5.41, 5.74) is 3.86. The molecular formula is C17H17ClN2O. The van der Waals surface area contributed by atoms with Crippen LogP contribution < -0.4 is 10.1 Å². The summed E-state index contributed by atoms with van der Waals surface area (Å²) >= 11 is 6.22. The molecule has 0 unspecified atom stereocenters. The van der Waals surface area contributed by atoms with Crippen LogP contribution in [0.25, 0.3) is 0 Å². The van der Waals surface area contributed by atoms with E-state index in [2.05, 4.69) is 11.4 Å². The first-order valence-electron chi connectivity index (χ1n) is 6.69. The molecule has 4 heteroatoms. The van der Waals surface area contributed by atoms with Crippen molar-refractivity contribution in [1.82, 2.24) is 5.32 Å². The lowest BCUT2D eigenvalue weighted by Crippen LogP contribution is -2.05. The van der Waals surface area contributed by atoms with Gasteiger partial charge in [-0.1, -0.05) is 23.7 Å². The van der Waals surface area contributed by atoms with Gasteiger partial charge in [-0.3, -0.25) is 0 Å². The van der Waals surface area contributed by atoms with Gasteiger partial charge in [-0.15, -0.1) is 0 Å². The highest BCUT2D eigenvalue weighted by atomic mass is 35.5. The van der Waals surface area contributed by atoms with Crippen LogP contribution in [0.1, 0.15) is 22.3 Å². The van der Waals surface area contributed by atoms with Crippen LogP contribution in [0, 0.1) is 18.3 Å². The molecule has 2 aromatic carbocycles. The van der Waals surface area contributed by atoms with Gasteiger partial charge in [-0.2, -0.15) is 5.26 Å². The monoisotopic (exact) mass is 300 g/mol. The molecule has 2 aromatic rings. The maximum Gasteiger partial charge on any atom is 0.138 e. The Morgan fingerprint density at radius 1 is 1.24 bits per heavy atom. The van der Waals surface area contributed by atoms with E-state index < -0.39 is 0 Å². The van der Waals surface area contributed by atoms with Crippen molar-refractivity contribution in [3.63, 3.8) is 0 Å². The molecule has 0 atom stereocenters. The molecule has 0 aliphatic rings. The van der Waals surface area contributed by atoms with Crippen molar-refractivity contribution in [3.8, 4) is 11.8 Å². The molecule has 0 spiro atoms. The van der Waals surface area contributed by atoms with Crippen LogP contribution >= 0.6 is 11.6 Å². The molecule has 0 aliphatic carbocycles. The Morgan fingerprint density at radius 3 is 2.67 bits per heavy atom. The Balaban J connectivity index is 2.08. The zero-order valence-corrected chi connectivity index (χ0v) is 12.9. The van der Waals surface area contributed by atoms with Gasteiger partial charge in [0.1, 0.15) is 12.4 Å². The highest BCUT2D eigenvalue weighted by molar-refractivity contribution is 6.32. The maximum atomic E-state index is 8.86. The lowest BCUT2D eigenvalue weighted by molar-refractivity contribution is 0.305. The topological polar surface area (TPSA) is 45.0 Å². The molecule has 2 rings (SSSR count). The van der Waals surface area contributed by atoms with Crippen LogP contribution in [-0.2, 0) is 13.2 Å².